The van der Waals surface area contributed by atoms with Crippen molar-refractivity contribution in [1.82, 2.24) is 4.90 Å². The number of benzene rings is 2. The predicted octanol–water partition coefficient (Wildman–Crippen LogP) is 4.89. The van der Waals surface area contributed by atoms with E-state index < -0.39 is 11.9 Å². The van der Waals surface area contributed by atoms with Crippen molar-refractivity contribution < 1.29 is 19.1 Å². The summed E-state index contributed by atoms with van der Waals surface area (Å²) in [5.41, 5.74) is 1.73. The fourth-order valence-electron chi connectivity index (χ4n) is 2.40. The number of ether oxygens (including phenoxy) is 1. The molecule has 1 heterocycles. The van der Waals surface area contributed by atoms with Crippen molar-refractivity contribution in [2.24, 2.45) is 0 Å². The standard InChI is InChI=1S/C19H14Cl2N2O4S/c1-27-18(25)12-4-2-11(3-5-12)8-16-17(24)23(19(26)28-16)10-22-13-6-7-14(20)15(21)9-13/h2-9,22H,10H2,1H3/b16-8+. The van der Waals surface area contributed by atoms with Crippen molar-refractivity contribution in [2.75, 3.05) is 19.1 Å². The van der Waals surface area contributed by atoms with Gasteiger partial charge in [-0.3, -0.25) is 14.5 Å². The van der Waals surface area contributed by atoms with E-state index in [0.717, 1.165) is 16.7 Å². The summed E-state index contributed by atoms with van der Waals surface area (Å²) in [4.78, 5) is 37.6. The summed E-state index contributed by atoms with van der Waals surface area (Å²) < 4.78 is 4.65. The van der Waals surface area contributed by atoms with Gasteiger partial charge in [0.1, 0.15) is 0 Å². The first kappa shape index (κ1) is 20.3. The molecule has 1 aliphatic heterocycles. The lowest BCUT2D eigenvalue weighted by atomic mass is 10.1. The van der Waals surface area contributed by atoms with E-state index in [2.05, 4.69) is 10.1 Å². The third-order valence-corrected chi connectivity index (χ3v) is 5.51. The zero-order valence-electron chi connectivity index (χ0n) is 14.6. The second-order valence-electron chi connectivity index (χ2n) is 5.69. The highest BCUT2D eigenvalue weighted by molar-refractivity contribution is 8.18. The molecule has 0 spiro atoms. The van der Waals surface area contributed by atoms with Gasteiger partial charge in [0.2, 0.25) is 0 Å². The molecule has 1 aliphatic rings. The smallest absolute Gasteiger partial charge is 0.337 e. The predicted molar refractivity (Wildman–Crippen MR) is 111 cm³/mol. The van der Waals surface area contributed by atoms with Crippen LogP contribution >= 0.6 is 35.0 Å². The van der Waals surface area contributed by atoms with Gasteiger partial charge < -0.3 is 10.1 Å². The highest BCUT2D eigenvalue weighted by Gasteiger charge is 2.34. The van der Waals surface area contributed by atoms with Crippen LogP contribution < -0.4 is 5.32 Å². The number of thioether (sulfide) groups is 1. The number of hydrogen-bond acceptors (Lipinski definition) is 6. The van der Waals surface area contributed by atoms with E-state index in [1.807, 2.05) is 0 Å². The summed E-state index contributed by atoms with van der Waals surface area (Å²) in [5.74, 6) is -0.847. The van der Waals surface area contributed by atoms with E-state index in [1.54, 1.807) is 48.5 Å². The number of amides is 2. The molecule has 0 atom stereocenters. The van der Waals surface area contributed by atoms with Crippen molar-refractivity contribution in [3.05, 3.63) is 68.5 Å². The molecule has 0 unspecified atom stereocenters. The molecule has 2 aromatic rings. The highest BCUT2D eigenvalue weighted by Crippen LogP contribution is 2.32. The van der Waals surface area contributed by atoms with Crippen LogP contribution in [0.2, 0.25) is 10.0 Å². The number of halogens is 2. The van der Waals surface area contributed by atoms with Gasteiger partial charge in [-0.2, -0.15) is 0 Å². The van der Waals surface area contributed by atoms with Gasteiger partial charge >= 0.3 is 5.97 Å². The number of nitrogens with one attached hydrogen (secondary N) is 1. The molecule has 0 radical (unpaired) electrons. The Bertz CT molecular complexity index is 976. The molecule has 3 rings (SSSR count). The maximum atomic E-state index is 12.5. The first-order valence-corrected chi connectivity index (χ1v) is 9.59. The minimum absolute atomic E-state index is 0.00124. The number of carbonyl (C=O) groups is 3. The normalized spacial score (nSPS) is 15.2. The lowest BCUT2D eigenvalue weighted by Crippen LogP contribution is -2.33. The van der Waals surface area contributed by atoms with Crippen LogP contribution in [-0.2, 0) is 9.53 Å². The number of imide groups is 1. The first-order valence-electron chi connectivity index (χ1n) is 8.01. The molecule has 1 fully saturated rings. The molecular weight excluding hydrogens is 423 g/mol. The fourth-order valence-corrected chi connectivity index (χ4v) is 3.53. The van der Waals surface area contributed by atoms with Gasteiger partial charge in [-0.25, -0.2) is 4.79 Å². The monoisotopic (exact) mass is 436 g/mol. The van der Waals surface area contributed by atoms with E-state index in [4.69, 9.17) is 23.2 Å². The topological polar surface area (TPSA) is 75.7 Å². The zero-order valence-corrected chi connectivity index (χ0v) is 16.9. The van der Waals surface area contributed by atoms with Gasteiger partial charge in [0.25, 0.3) is 11.1 Å². The Balaban J connectivity index is 1.69. The van der Waals surface area contributed by atoms with Gasteiger partial charge in [0.05, 0.1) is 34.3 Å². The van der Waals surface area contributed by atoms with Gasteiger partial charge in [0.15, 0.2) is 0 Å². The average molecular weight is 437 g/mol. The van der Waals surface area contributed by atoms with Crippen LogP contribution in [0.5, 0.6) is 0 Å². The van der Waals surface area contributed by atoms with E-state index in [0.29, 0.717) is 31.8 Å². The van der Waals surface area contributed by atoms with Crippen LogP contribution in [-0.4, -0.2) is 35.8 Å². The van der Waals surface area contributed by atoms with Crippen molar-refractivity contribution in [1.29, 1.82) is 0 Å². The minimum atomic E-state index is -0.444. The molecule has 0 aromatic heterocycles. The van der Waals surface area contributed by atoms with Crippen LogP contribution in [0.4, 0.5) is 10.5 Å². The van der Waals surface area contributed by atoms with E-state index in [-0.39, 0.29) is 11.9 Å². The van der Waals surface area contributed by atoms with Gasteiger partial charge in [-0.1, -0.05) is 35.3 Å². The highest BCUT2D eigenvalue weighted by atomic mass is 35.5. The van der Waals surface area contributed by atoms with Crippen molar-refractivity contribution >= 4 is 63.8 Å². The average Bonchev–Trinajstić information content (AvgIpc) is 2.95. The molecule has 0 bridgehead atoms. The van der Waals surface area contributed by atoms with Gasteiger partial charge in [-0.05, 0) is 53.7 Å². The molecule has 144 valence electrons. The molecule has 2 aromatic carbocycles. The summed E-state index contributed by atoms with van der Waals surface area (Å²) in [5, 5.41) is 3.38. The van der Waals surface area contributed by atoms with Crippen LogP contribution in [0.15, 0.2) is 47.4 Å². The summed E-state index contributed by atoms with van der Waals surface area (Å²) in [6.07, 6.45) is 1.60. The van der Waals surface area contributed by atoms with Crippen LogP contribution in [0, 0.1) is 0 Å². The molecule has 1 N–H and O–H groups in total. The minimum Gasteiger partial charge on any atom is -0.465 e. The van der Waals surface area contributed by atoms with Gasteiger partial charge in [0, 0.05) is 5.69 Å². The largest absolute Gasteiger partial charge is 0.465 e. The molecule has 28 heavy (non-hydrogen) atoms. The maximum absolute atomic E-state index is 12.5. The number of carbonyl (C=O) groups excluding carboxylic acids is 3. The SMILES string of the molecule is COC(=O)c1ccc(/C=C2/SC(=O)N(CNc3ccc(Cl)c(Cl)c3)C2=O)cc1. The Hall–Kier alpha value is -2.48. The Kier molecular flexibility index (Phi) is 6.28. The molecule has 9 heteroatoms. The van der Waals surface area contributed by atoms with E-state index >= 15 is 0 Å². The summed E-state index contributed by atoms with van der Waals surface area (Å²) in [7, 11) is 1.30. The number of methoxy groups -OCH3 is 1. The lowest BCUT2D eigenvalue weighted by molar-refractivity contribution is -0.122. The molecule has 0 saturated carbocycles. The van der Waals surface area contributed by atoms with E-state index in [9.17, 15) is 14.4 Å². The Morgan fingerprint density at radius 3 is 2.50 bits per heavy atom. The number of anilines is 1. The van der Waals surface area contributed by atoms with Crippen molar-refractivity contribution in [2.45, 2.75) is 0 Å². The van der Waals surface area contributed by atoms with Crippen LogP contribution in [0.3, 0.4) is 0 Å². The van der Waals surface area contributed by atoms with Crippen molar-refractivity contribution in [3.8, 4) is 0 Å². The van der Waals surface area contributed by atoms with Crippen LogP contribution in [0.25, 0.3) is 6.08 Å². The Morgan fingerprint density at radius 2 is 1.86 bits per heavy atom. The second-order valence-corrected chi connectivity index (χ2v) is 7.49. The summed E-state index contributed by atoms with van der Waals surface area (Å²) in [6, 6.07) is 11.5. The second kappa shape index (κ2) is 8.68. The number of rotatable bonds is 5. The Morgan fingerprint density at radius 1 is 1.14 bits per heavy atom. The summed E-state index contributed by atoms with van der Waals surface area (Å²) in [6.45, 7) is 0.00124. The van der Waals surface area contributed by atoms with Gasteiger partial charge in [-0.15, -0.1) is 0 Å². The third-order valence-electron chi connectivity index (χ3n) is 3.86. The number of esters is 1. The van der Waals surface area contributed by atoms with Crippen molar-refractivity contribution in [3.63, 3.8) is 0 Å². The number of nitrogens with zero attached hydrogens (tertiary/aromatic N) is 1. The van der Waals surface area contributed by atoms with Crippen LogP contribution in [0.1, 0.15) is 15.9 Å². The molecule has 1 saturated heterocycles. The molecular formula is C19H14Cl2N2O4S. The summed E-state index contributed by atoms with van der Waals surface area (Å²) >= 11 is 12.7. The Labute approximate surface area is 175 Å². The molecule has 0 aliphatic carbocycles. The lowest BCUT2D eigenvalue weighted by Gasteiger charge is -2.14. The quantitative estimate of drug-likeness (QED) is 0.531. The molecule has 6 nitrogen and oxygen atoms in total. The zero-order chi connectivity index (χ0) is 20.3. The first-order chi connectivity index (χ1) is 13.4. The fraction of sp³-hybridized carbons (Fsp3) is 0.105. The molecule has 2 amide bonds. The third kappa shape index (κ3) is 4.49. The maximum Gasteiger partial charge on any atom is 0.337 e. The van der Waals surface area contributed by atoms with E-state index in [1.165, 1.54) is 7.11 Å². The number of hydrogen-bond donors (Lipinski definition) is 1.